The molecule has 0 aliphatic rings. The smallest absolute Gasteiger partial charge is 0.0923 e. The van der Waals surface area contributed by atoms with Crippen molar-refractivity contribution in [2.45, 2.75) is 13.0 Å². The minimum Gasteiger partial charge on any atom is -0.351 e. The minimum absolute atomic E-state index is 0.830. The normalized spacial score (nSPS) is 10.4. The van der Waals surface area contributed by atoms with E-state index in [-0.39, 0.29) is 0 Å². The molecule has 0 radical (unpaired) electrons. The van der Waals surface area contributed by atoms with Crippen molar-refractivity contribution in [1.82, 2.24) is 15.3 Å². The van der Waals surface area contributed by atoms with Crippen LogP contribution < -0.4 is 5.32 Å². The standard InChI is InChI=1S/C12H15N3/c1-2-4-11(5-3-1)6-7-13-8-12-9-14-10-15-12/h1-5,9-10,13H,6-8H2,(H,14,15). The van der Waals surface area contributed by atoms with Crippen LogP contribution in [0.4, 0.5) is 0 Å². The third kappa shape index (κ3) is 3.22. The van der Waals surface area contributed by atoms with Crippen LogP contribution in [0.25, 0.3) is 0 Å². The van der Waals surface area contributed by atoms with Crippen LogP contribution in [0.15, 0.2) is 42.9 Å². The van der Waals surface area contributed by atoms with E-state index in [1.54, 1.807) is 6.33 Å². The second-order valence-corrected chi connectivity index (χ2v) is 3.47. The Morgan fingerprint density at radius 3 is 2.80 bits per heavy atom. The number of hydrogen-bond acceptors (Lipinski definition) is 2. The molecule has 2 aromatic rings. The Hall–Kier alpha value is -1.61. The molecule has 0 aliphatic heterocycles. The summed E-state index contributed by atoms with van der Waals surface area (Å²) in [6.45, 7) is 1.81. The van der Waals surface area contributed by atoms with Gasteiger partial charge in [0.15, 0.2) is 0 Å². The molecule has 1 aromatic carbocycles. The van der Waals surface area contributed by atoms with E-state index in [1.807, 2.05) is 12.3 Å². The summed E-state index contributed by atoms with van der Waals surface area (Å²) < 4.78 is 0. The van der Waals surface area contributed by atoms with Gasteiger partial charge in [0.05, 0.1) is 12.0 Å². The fourth-order valence-corrected chi connectivity index (χ4v) is 1.48. The second kappa shape index (κ2) is 5.32. The average Bonchev–Trinajstić information content (AvgIpc) is 2.79. The van der Waals surface area contributed by atoms with Crippen molar-refractivity contribution in [3.8, 4) is 0 Å². The van der Waals surface area contributed by atoms with Gasteiger partial charge >= 0.3 is 0 Å². The van der Waals surface area contributed by atoms with E-state index in [1.165, 1.54) is 5.56 Å². The van der Waals surface area contributed by atoms with Gasteiger partial charge in [-0.2, -0.15) is 0 Å². The second-order valence-electron chi connectivity index (χ2n) is 3.47. The summed E-state index contributed by atoms with van der Waals surface area (Å²) in [5.41, 5.74) is 2.43. The summed E-state index contributed by atoms with van der Waals surface area (Å²) in [6, 6.07) is 10.5. The van der Waals surface area contributed by atoms with E-state index in [2.05, 4.69) is 39.6 Å². The van der Waals surface area contributed by atoms with Crippen molar-refractivity contribution in [1.29, 1.82) is 0 Å². The predicted octanol–water partition coefficient (Wildman–Crippen LogP) is 1.74. The minimum atomic E-state index is 0.830. The summed E-state index contributed by atoms with van der Waals surface area (Å²) in [5, 5.41) is 3.35. The Bertz CT molecular complexity index is 367. The molecule has 15 heavy (non-hydrogen) atoms. The maximum atomic E-state index is 4.14. The van der Waals surface area contributed by atoms with Crippen molar-refractivity contribution in [3.63, 3.8) is 0 Å². The molecule has 1 heterocycles. The number of imidazole rings is 1. The lowest BCUT2D eigenvalue weighted by Gasteiger charge is -2.02. The Balaban J connectivity index is 1.68. The maximum Gasteiger partial charge on any atom is 0.0923 e. The zero-order valence-corrected chi connectivity index (χ0v) is 8.61. The van der Waals surface area contributed by atoms with Crippen LogP contribution in [0.3, 0.4) is 0 Å². The van der Waals surface area contributed by atoms with Crippen LogP contribution in [0.2, 0.25) is 0 Å². The van der Waals surface area contributed by atoms with Gasteiger partial charge < -0.3 is 10.3 Å². The van der Waals surface area contributed by atoms with Gasteiger partial charge in [0.25, 0.3) is 0 Å². The molecular weight excluding hydrogens is 186 g/mol. The molecule has 0 bridgehead atoms. The van der Waals surface area contributed by atoms with Crippen LogP contribution in [-0.4, -0.2) is 16.5 Å². The van der Waals surface area contributed by atoms with Crippen LogP contribution in [0.5, 0.6) is 0 Å². The van der Waals surface area contributed by atoms with Crippen molar-refractivity contribution >= 4 is 0 Å². The molecule has 78 valence electrons. The number of aromatic amines is 1. The zero-order valence-electron chi connectivity index (χ0n) is 8.61. The van der Waals surface area contributed by atoms with Gasteiger partial charge in [0.2, 0.25) is 0 Å². The summed E-state index contributed by atoms with van der Waals surface area (Å²) in [5.74, 6) is 0. The molecule has 0 atom stereocenters. The quantitative estimate of drug-likeness (QED) is 0.723. The van der Waals surface area contributed by atoms with Gasteiger partial charge in [-0.1, -0.05) is 30.3 Å². The van der Waals surface area contributed by atoms with Gasteiger partial charge in [-0.25, -0.2) is 4.98 Å². The van der Waals surface area contributed by atoms with E-state index < -0.39 is 0 Å². The molecule has 2 rings (SSSR count). The van der Waals surface area contributed by atoms with Gasteiger partial charge in [-0.3, -0.25) is 0 Å². The lowest BCUT2D eigenvalue weighted by atomic mass is 10.1. The number of hydrogen-bond donors (Lipinski definition) is 2. The highest BCUT2D eigenvalue weighted by atomic mass is 14.9. The molecule has 0 amide bonds. The topological polar surface area (TPSA) is 40.7 Å². The van der Waals surface area contributed by atoms with Gasteiger partial charge in [-0.05, 0) is 18.5 Å². The predicted molar refractivity (Wildman–Crippen MR) is 60.4 cm³/mol. The highest BCUT2D eigenvalue weighted by molar-refractivity contribution is 5.14. The maximum absolute atomic E-state index is 4.14. The molecule has 0 fully saturated rings. The number of nitrogens with zero attached hydrogens (tertiary/aromatic N) is 1. The average molecular weight is 201 g/mol. The number of nitrogens with one attached hydrogen (secondary N) is 2. The van der Waals surface area contributed by atoms with Crippen LogP contribution in [0, 0.1) is 0 Å². The van der Waals surface area contributed by atoms with Crippen molar-refractivity contribution in [3.05, 3.63) is 54.1 Å². The third-order valence-corrected chi connectivity index (χ3v) is 2.29. The molecule has 3 nitrogen and oxygen atoms in total. The van der Waals surface area contributed by atoms with Gasteiger partial charge in [0.1, 0.15) is 0 Å². The monoisotopic (exact) mass is 201 g/mol. The van der Waals surface area contributed by atoms with E-state index in [0.717, 1.165) is 25.2 Å². The van der Waals surface area contributed by atoms with E-state index in [0.29, 0.717) is 0 Å². The summed E-state index contributed by atoms with van der Waals surface area (Å²) in [6.07, 6.45) is 4.68. The highest BCUT2D eigenvalue weighted by Crippen LogP contribution is 1.98. The van der Waals surface area contributed by atoms with E-state index in [9.17, 15) is 0 Å². The fourth-order valence-electron chi connectivity index (χ4n) is 1.48. The van der Waals surface area contributed by atoms with E-state index >= 15 is 0 Å². The van der Waals surface area contributed by atoms with Gasteiger partial charge in [0, 0.05) is 12.7 Å². The first-order valence-electron chi connectivity index (χ1n) is 5.17. The first kappa shape index (κ1) is 9.93. The Kier molecular flexibility index (Phi) is 3.52. The van der Waals surface area contributed by atoms with Crippen LogP contribution in [-0.2, 0) is 13.0 Å². The number of rotatable bonds is 5. The molecule has 0 saturated heterocycles. The molecule has 0 saturated carbocycles. The largest absolute Gasteiger partial charge is 0.351 e. The van der Waals surface area contributed by atoms with Crippen molar-refractivity contribution in [2.75, 3.05) is 6.54 Å². The third-order valence-electron chi connectivity index (χ3n) is 2.29. The van der Waals surface area contributed by atoms with Gasteiger partial charge in [-0.15, -0.1) is 0 Å². The van der Waals surface area contributed by atoms with Crippen molar-refractivity contribution in [2.24, 2.45) is 0 Å². The van der Waals surface area contributed by atoms with Crippen LogP contribution >= 0.6 is 0 Å². The zero-order chi connectivity index (χ0) is 10.3. The van der Waals surface area contributed by atoms with Crippen LogP contribution in [0.1, 0.15) is 11.3 Å². The Labute approximate surface area is 89.6 Å². The number of aromatic nitrogens is 2. The highest BCUT2D eigenvalue weighted by Gasteiger charge is 1.94. The molecule has 0 aliphatic carbocycles. The molecule has 1 aromatic heterocycles. The lowest BCUT2D eigenvalue weighted by molar-refractivity contribution is 0.677. The molecule has 3 heteroatoms. The molecular formula is C12H15N3. The molecule has 0 unspecified atom stereocenters. The summed E-state index contributed by atoms with van der Waals surface area (Å²) >= 11 is 0. The SMILES string of the molecule is c1ccc(CCNCc2c[nH]cn2)cc1. The number of benzene rings is 1. The lowest BCUT2D eigenvalue weighted by Crippen LogP contribution is -2.16. The fraction of sp³-hybridized carbons (Fsp3) is 0.250. The first-order chi connectivity index (χ1) is 7.45. The Morgan fingerprint density at radius 1 is 1.20 bits per heavy atom. The van der Waals surface area contributed by atoms with E-state index in [4.69, 9.17) is 0 Å². The Morgan fingerprint density at radius 2 is 2.07 bits per heavy atom. The number of H-pyrrole nitrogens is 1. The summed E-state index contributed by atoms with van der Waals surface area (Å²) in [4.78, 5) is 7.08. The molecule has 2 N–H and O–H groups in total. The molecule has 0 spiro atoms. The van der Waals surface area contributed by atoms with Crippen molar-refractivity contribution < 1.29 is 0 Å². The first-order valence-corrected chi connectivity index (χ1v) is 5.17. The summed E-state index contributed by atoms with van der Waals surface area (Å²) in [7, 11) is 0.